The van der Waals surface area contributed by atoms with Gasteiger partial charge in [0.2, 0.25) is 5.89 Å². The summed E-state index contributed by atoms with van der Waals surface area (Å²) < 4.78 is 17.1. The normalized spacial score (nSPS) is 10.9. The molecule has 0 spiro atoms. The van der Waals surface area contributed by atoms with Gasteiger partial charge >= 0.3 is 0 Å². The van der Waals surface area contributed by atoms with E-state index < -0.39 is 0 Å². The molecular formula is C17H24BrIN4O3. The molecule has 26 heavy (non-hydrogen) atoms. The summed E-state index contributed by atoms with van der Waals surface area (Å²) in [5.74, 6) is 3.46. The lowest BCUT2D eigenvalue weighted by atomic mass is 10.2. The number of aromatic nitrogens is 1. The number of nitrogens with one attached hydrogen (secondary N) is 2. The summed E-state index contributed by atoms with van der Waals surface area (Å²) in [6, 6.07) is 3.80. The summed E-state index contributed by atoms with van der Waals surface area (Å²) in [5, 5.41) is 6.43. The Morgan fingerprint density at radius 1 is 1.15 bits per heavy atom. The molecule has 0 atom stereocenters. The molecule has 0 bridgehead atoms. The van der Waals surface area contributed by atoms with Crippen molar-refractivity contribution in [3.63, 3.8) is 0 Å². The van der Waals surface area contributed by atoms with Crippen molar-refractivity contribution >= 4 is 45.9 Å². The van der Waals surface area contributed by atoms with Crippen molar-refractivity contribution in [2.24, 2.45) is 4.99 Å². The van der Waals surface area contributed by atoms with Gasteiger partial charge in [0, 0.05) is 18.1 Å². The van der Waals surface area contributed by atoms with E-state index in [4.69, 9.17) is 13.9 Å². The predicted octanol–water partition coefficient (Wildman–Crippen LogP) is 3.55. The van der Waals surface area contributed by atoms with Crippen LogP contribution >= 0.6 is 39.9 Å². The van der Waals surface area contributed by atoms with Crippen LogP contribution in [0.15, 0.2) is 26.0 Å². The summed E-state index contributed by atoms with van der Waals surface area (Å²) in [6.07, 6.45) is 0. The highest BCUT2D eigenvalue weighted by Crippen LogP contribution is 2.33. The molecular weight excluding hydrogens is 515 g/mol. The van der Waals surface area contributed by atoms with Gasteiger partial charge in [-0.25, -0.2) is 4.98 Å². The third-order valence-corrected chi connectivity index (χ3v) is 4.44. The molecule has 2 rings (SSSR count). The van der Waals surface area contributed by atoms with Gasteiger partial charge in [0.1, 0.15) is 5.76 Å². The zero-order chi connectivity index (χ0) is 18.4. The number of hydrogen-bond donors (Lipinski definition) is 2. The molecule has 2 N–H and O–H groups in total. The maximum atomic E-state index is 5.55. The summed E-state index contributed by atoms with van der Waals surface area (Å²) in [7, 11) is 4.94. The lowest BCUT2D eigenvalue weighted by molar-refractivity contribution is 0.354. The number of rotatable bonds is 6. The highest BCUT2D eigenvalue weighted by Gasteiger charge is 2.11. The van der Waals surface area contributed by atoms with E-state index >= 15 is 0 Å². The second kappa shape index (κ2) is 10.6. The average Bonchev–Trinajstić information content (AvgIpc) is 2.93. The van der Waals surface area contributed by atoms with E-state index in [1.807, 2.05) is 26.0 Å². The molecule has 144 valence electrons. The van der Waals surface area contributed by atoms with E-state index in [0.29, 0.717) is 36.4 Å². The number of halogens is 2. The second-order valence-electron chi connectivity index (χ2n) is 5.33. The fourth-order valence-electron chi connectivity index (χ4n) is 2.21. The number of nitrogens with zero attached hydrogens (tertiary/aromatic N) is 2. The van der Waals surface area contributed by atoms with Crippen molar-refractivity contribution < 1.29 is 13.9 Å². The summed E-state index contributed by atoms with van der Waals surface area (Å²) >= 11 is 3.55. The molecule has 9 heteroatoms. The average molecular weight is 539 g/mol. The van der Waals surface area contributed by atoms with Crippen LogP contribution in [0, 0.1) is 13.8 Å². The van der Waals surface area contributed by atoms with Crippen molar-refractivity contribution in [3.05, 3.63) is 39.5 Å². The highest BCUT2D eigenvalue weighted by molar-refractivity contribution is 14.0. The Bertz CT molecular complexity index is 745. The van der Waals surface area contributed by atoms with Gasteiger partial charge in [0.15, 0.2) is 17.5 Å². The van der Waals surface area contributed by atoms with Gasteiger partial charge in [-0.1, -0.05) is 15.9 Å². The minimum atomic E-state index is 0. The van der Waals surface area contributed by atoms with Crippen LogP contribution in [0.4, 0.5) is 0 Å². The Balaban J connectivity index is 0.00000338. The molecule has 0 aliphatic rings. The number of methoxy groups -OCH3 is 2. The first-order valence-electron chi connectivity index (χ1n) is 7.76. The molecule has 1 aromatic heterocycles. The Labute approximate surface area is 179 Å². The highest BCUT2D eigenvalue weighted by atomic mass is 127. The van der Waals surface area contributed by atoms with Gasteiger partial charge in [-0.05, 0) is 31.5 Å². The Kier molecular flexibility index (Phi) is 9.20. The maximum absolute atomic E-state index is 5.55. The van der Waals surface area contributed by atoms with Crippen molar-refractivity contribution in [3.8, 4) is 11.5 Å². The second-order valence-corrected chi connectivity index (χ2v) is 6.18. The van der Waals surface area contributed by atoms with E-state index in [1.54, 1.807) is 21.3 Å². The lowest BCUT2D eigenvalue weighted by Crippen LogP contribution is -2.36. The van der Waals surface area contributed by atoms with Crippen LogP contribution < -0.4 is 20.1 Å². The Morgan fingerprint density at radius 3 is 2.31 bits per heavy atom. The van der Waals surface area contributed by atoms with Gasteiger partial charge in [-0.15, -0.1) is 24.0 Å². The largest absolute Gasteiger partial charge is 0.493 e. The van der Waals surface area contributed by atoms with E-state index in [1.165, 1.54) is 0 Å². The first kappa shape index (κ1) is 22.6. The standard InChI is InChI=1S/C17H23BrN4O3.HI/c1-10-11(2)25-16(22-10)9-21-17(19-3)20-8-12-6-14(23-4)15(24-5)7-13(12)18;/h6-7H,8-9H2,1-5H3,(H2,19,20,21);1H. The minimum Gasteiger partial charge on any atom is -0.493 e. The van der Waals surface area contributed by atoms with Crippen LogP contribution in [0.25, 0.3) is 0 Å². The topological polar surface area (TPSA) is 80.9 Å². The number of benzene rings is 1. The molecule has 0 amide bonds. The number of aryl methyl sites for hydroxylation is 2. The summed E-state index contributed by atoms with van der Waals surface area (Å²) in [4.78, 5) is 8.55. The fourth-order valence-corrected chi connectivity index (χ4v) is 2.67. The van der Waals surface area contributed by atoms with Crippen molar-refractivity contribution in [1.29, 1.82) is 0 Å². The van der Waals surface area contributed by atoms with Crippen LogP contribution in [-0.2, 0) is 13.1 Å². The van der Waals surface area contributed by atoms with Crippen molar-refractivity contribution in [1.82, 2.24) is 15.6 Å². The molecule has 0 radical (unpaired) electrons. The van der Waals surface area contributed by atoms with E-state index in [-0.39, 0.29) is 24.0 Å². The predicted molar refractivity (Wildman–Crippen MR) is 116 cm³/mol. The van der Waals surface area contributed by atoms with Gasteiger partial charge in [0.25, 0.3) is 0 Å². The maximum Gasteiger partial charge on any atom is 0.214 e. The molecule has 2 aromatic rings. The molecule has 0 aliphatic heterocycles. The first-order chi connectivity index (χ1) is 12.0. The summed E-state index contributed by atoms with van der Waals surface area (Å²) in [5.41, 5.74) is 1.91. The summed E-state index contributed by atoms with van der Waals surface area (Å²) in [6.45, 7) is 4.84. The number of guanidine groups is 1. The van der Waals surface area contributed by atoms with Gasteiger partial charge in [-0.3, -0.25) is 4.99 Å². The molecule has 0 aliphatic carbocycles. The van der Waals surface area contributed by atoms with Gasteiger partial charge < -0.3 is 24.5 Å². The number of hydrogen-bond acceptors (Lipinski definition) is 5. The Morgan fingerprint density at radius 2 is 1.77 bits per heavy atom. The lowest BCUT2D eigenvalue weighted by Gasteiger charge is -2.14. The number of aliphatic imine (C=N–C) groups is 1. The van der Waals surface area contributed by atoms with Crippen LogP contribution in [0.1, 0.15) is 22.9 Å². The minimum absolute atomic E-state index is 0. The zero-order valence-electron chi connectivity index (χ0n) is 15.5. The number of oxazole rings is 1. The monoisotopic (exact) mass is 538 g/mol. The van der Waals surface area contributed by atoms with Gasteiger partial charge in [0.05, 0.1) is 26.5 Å². The van der Waals surface area contributed by atoms with E-state index in [0.717, 1.165) is 21.5 Å². The van der Waals surface area contributed by atoms with Gasteiger partial charge in [-0.2, -0.15) is 0 Å². The molecule has 0 unspecified atom stereocenters. The first-order valence-corrected chi connectivity index (χ1v) is 8.55. The van der Waals surface area contributed by atoms with Crippen LogP contribution in [0.2, 0.25) is 0 Å². The third kappa shape index (κ3) is 5.76. The van der Waals surface area contributed by atoms with Crippen LogP contribution in [0.3, 0.4) is 0 Å². The SMILES string of the molecule is CN=C(NCc1nc(C)c(C)o1)NCc1cc(OC)c(OC)cc1Br.I. The zero-order valence-corrected chi connectivity index (χ0v) is 19.4. The third-order valence-electron chi connectivity index (χ3n) is 3.70. The molecule has 0 saturated heterocycles. The molecule has 7 nitrogen and oxygen atoms in total. The van der Waals surface area contributed by atoms with E-state index in [2.05, 4.69) is 36.5 Å². The Hall–Kier alpha value is -1.49. The molecule has 1 heterocycles. The van der Waals surface area contributed by atoms with Crippen molar-refractivity contribution in [2.75, 3.05) is 21.3 Å². The molecule has 0 fully saturated rings. The molecule has 0 saturated carbocycles. The fraction of sp³-hybridized carbons (Fsp3) is 0.412. The smallest absolute Gasteiger partial charge is 0.214 e. The van der Waals surface area contributed by atoms with Crippen LogP contribution in [0.5, 0.6) is 11.5 Å². The number of ether oxygens (including phenoxy) is 2. The van der Waals surface area contributed by atoms with E-state index in [9.17, 15) is 0 Å². The van der Waals surface area contributed by atoms with Crippen molar-refractivity contribution in [2.45, 2.75) is 26.9 Å². The van der Waals surface area contributed by atoms with Crippen LogP contribution in [-0.4, -0.2) is 32.2 Å². The quantitative estimate of drug-likeness (QED) is 0.332. The molecule has 1 aromatic carbocycles.